The van der Waals surface area contributed by atoms with Crippen molar-refractivity contribution in [3.63, 3.8) is 0 Å². The van der Waals surface area contributed by atoms with Crippen LogP contribution >= 0.6 is 0 Å². The molecular weight excluding hydrogens is 481 g/mol. The zero-order valence-electron chi connectivity index (χ0n) is 20.2. The van der Waals surface area contributed by atoms with E-state index in [0.717, 1.165) is 40.7 Å². The highest BCUT2D eigenvalue weighted by molar-refractivity contribution is 7.91. The summed E-state index contributed by atoms with van der Waals surface area (Å²) in [5.74, 6) is -0.589. The molecule has 0 amide bonds. The fourth-order valence-electron chi connectivity index (χ4n) is 7.05. The number of benzene rings is 2. The summed E-state index contributed by atoms with van der Waals surface area (Å²) < 4.78 is 40.8. The van der Waals surface area contributed by atoms with Gasteiger partial charge < -0.3 is 14.8 Å². The molecular formula is C28H30FNO5S. The van der Waals surface area contributed by atoms with Gasteiger partial charge in [0.25, 0.3) is 0 Å². The second kappa shape index (κ2) is 8.07. The number of phenolic OH excluding ortho intramolecular Hbond substituents is 1. The van der Waals surface area contributed by atoms with E-state index in [1.807, 2.05) is 12.1 Å². The molecule has 1 aromatic heterocycles. The number of aromatic hydroxyl groups is 1. The van der Waals surface area contributed by atoms with Crippen molar-refractivity contribution >= 4 is 26.7 Å². The number of nitrogens with zero attached hydrogens (tertiary/aromatic N) is 1. The van der Waals surface area contributed by atoms with Crippen molar-refractivity contribution in [3.05, 3.63) is 59.0 Å². The second-order valence-electron chi connectivity index (χ2n) is 11.2. The number of phenols is 1. The predicted octanol–water partition coefficient (Wildman–Crippen LogP) is 5.43. The van der Waals surface area contributed by atoms with Gasteiger partial charge in [0.1, 0.15) is 21.4 Å². The van der Waals surface area contributed by atoms with Crippen LogP contribution in [0.4, 0.5) is 4.39 Å². The highest BCUT2D eigenvalue weighted by Gasteiger charge is 2.56. The van der Waals surface area contributed by atoms with E-state index < -0.39 is 15.8 Å². The highest BCUT2D eigenvalue weighted by atomic mass is 32.2. The minimum atomic E-state index is -3.06. The summed E-state index contributed by atoms with van der Waals surface area (Å²) in [5, 5.41) is 20.7. The zero-order chi connectivity index (χ0) is 25.4. The molecule has 0 bridgehead atoms. The van der Waals surface area contributed by atoms with Gasteiger partial charge in [-0.1, -0.05) is 0 Å². The smallest absolute Gasteiger partial charge is 0.306 e. The maximum Gasteiger partial charge on any atom is 0.306 e. The van der Waals surface area contributed by atoms with Crippen LogP contribution in [0.5, 0.6) is 5.75 Å². The molecule has 0 unspecified atom stereocenters. The van der Waals surface area contributed by atoms with Crippen LogP contribution in [0, 0.1) is 24.1 Å². The summed E-state index contributed by atoms with van der Waals surface area (Å²) in [5.41, 5.74) is 4.53. The Kier molecular flexibility index (Phi) is 5.27. The van der Waals surface area contributed by atoms with Crippen LogP contribution in [0.25, 0.3) is 16.6 Å². The van der Waals surface area contributed by atoms with Gasteiger partial charge in [0.05, 0.1) is 22.9 Å². The number of carbonyl (C=O) groups is 1. The van der Waals surface area contributed by atoms with Crippen molar-refractivity contribution in [1.29, 1.82) is 0 Å². The number of halogens is 1. The Balaban J connectivity index is 1.50. The Bertz CT molecular complexity index is 1480. The SMILES string of the molecule is Cc1cc(-n2c(C3CCS(=O)(=O)CC3)c(C3CC4(CC(C(=O)O)C4)C3)c3cc(O)ccc32)ccc1F. The number of fused-ring (bicyclic) bond motifs is 1. The fourth-order valence-corrected chi connectivity index (χ4v) is 8.54. The third kappa shape index (κ3) is 3.72. The third-order valence-electron chi connectivity index (χ3n) is 8.84. The number of aromatic nitrogens is 1. The molecule has 36 heavy (non-hydrogen) atoms. The van der Waals surface area contributed by atoms with E-state index >= 15 is 0 Å². The Morgan fingerprint density at radius 2 is 1.72 bits per heavy atom. The molecule has 6 rings (SSSR count). The molecule has 2 saturated carbocycles. The number of rotatable bonds is 4. The molecule has 0 atom stereocenters. The summed E-state index contributed by atoms with van der Waals surface area (Å²) in [6.07, 6.45) is 4.25. The maximum absolute atomic E-state index is 14.2. The first-order chi connectivity index (χ1) is 17.1. The van der Waals surface area contributed by atoms with Crippen LogP contribution < -0.4 is 0 Å². The number of hydrogen-bond donors (Lipinski definition) is 2. The van der Waals surface area contributed by atoms with Crippen molar-refractivity contribution < 1.29 is 27.8 Å². The van der Waals surface area contributed by atoms with E-state index in [1.54, 1.807) is 25.1 Å². The van der Waals surface area contributed by atoms with E-state index in [2.05, 4.69) is 4.57 Å². The molecule has 8 heteroatoms. The maximum atomic E-state index is 14.2. The highest BCUT2D eigenvalue weighted by Crippen LogP contribution is 2.65. The minimum Gasteiger partial charge on any atom is -0.508 e. The van der Waals surface area contributed by atoms with Crippen LogP contribution in [0.1, 0.15) is 67.2 Å². The largest absolute Gasteiger partial charge is 0.508 e. The standard InChI is InChI=1S/C28H30FNO5S/c1-16-10-20(2-4-23(16)29)30-24-5-3-21(31)11-22(24)25(26(30)17-6-8-36(34,35)9-7-17)18-12-28(13-18)14-19(15-28)27(32)33/h2-5,10-11,17-19,31H,6-9,12-15H2,1H3,(H,32,33). The van der Waals surface area contributed by atoms with Crippen LogP contribution in [0.3, 0.4) is 0 Å². The quantitative estimate of drug-likeness (QED) is 0.487. The van der Waals surface area contributed by atoms with Crippen molar-refractivity contribution in [1.82, 2.24) is 4.57 Å². The van der Waals surface area contributed by atoms with Crippen molar-refractivity contribution in [3.8, 4) is 11.4 Å². The normalized spacial score (nSPS) is 27.6. The van der Waals surface area contributed by atoms with E-state index in [-0.39, 0.29) is 46.2 Å². The van der Waals surface area contributed by atoms with Gasteiger partial charge >= 0.3 is 5.97 Å². The van der Waals surface area contributed by atoms with E-state index in [1.165, 1.54) is 6.07 Å². The summed E-state index contributed by atoms with van der Waals surface area (Å²) in [6, 6.07) is 10.4. The number of hydrogen-bond acceptors (Lipinski definition) is 4. The monoisotopic (exact) mass is 511 g/mol. The number of carboxylic acids is 1. The first kappa shape index (κ1) is 23.5. The lowest BCUT2D eigenvalue weighted by molar-refractivity contribution is -0.155. The average Bonchev–Trinajstić information content (AvgIpc) is 3.07. The lowest BCUT2D eigenvalue weighted by Gasteiger charge is -2.57. The molecule has 3 aliphatic rings. The van der Waals surface area contributed by atoms with Gasteiger partial charge in [0.2, 0.25) is 0 Å². The number of sulfone groups is 1. The molecule has 190 valence electrons. The van der Waals surface area contributed by atoms with E-state index in [0.29, 0.717) is 31.2 Å². The third-order valence-corrected chi connectivity index (χ3v) is 10.6. The first-order valence-electron chi connectivity index (χ1n) is 12.6. The molecule has 2 heterocycles. The molecule has 0 radical (unpaired) electrons. The number of aryl methyl sites for hydroxylation is 1. The van der Waals surface area contributed by atoms with E-state index in [9.17, 15) is 27.8 Å². The topological polar surface area (TPSA) is 96.6 Å². The van der Waals surface area contributed by atoms with Gasteiger partial charge in [0.15, 0.2) is 0 Å². The first-order valence-corrected chi connectivity index (χ1v) is 14.4. The Hall–Kier alpha value is -2.87. The van der Waals surface area contributed by atoms with Gasteiger partial charge in [-0.15, -0.1) is 0 Å². The molecule has 1 spiro atoms. The lowest BCUT2D eigenvalue weighted by Crippen LogP contribution is -2.49. The van der Waals surface area contributed by atoms with E-state index in [4.69, 9.17) is 0 Å². The zero-order valence-corrected chi connectivity index (χ0v) is 21.0. The van der Waals surface area contributed by atoms with Gasteiger partial charge in [-0.25, -0.2) is 12.8 Å². The lowest BCUT2D eigenvalue weighted by atomic mass is 9.47. The fraction of sp³-hybridized carbons (Fsp3) is 0.464. The summed E-state index contributed by atoms with van der Waals surface area (Å²) in [7, 11) is -3.06. The van der Waals surface area contributed by atoms with Crippen LogP contribution in [0.15, 0.2) is 36.4 Å². The van der Waals surface area contributed by atoms with Crippen LogP contribution in [0.2, 0.25) is 0 Å². The Morgan fingerprint density at radius 3 is 2.36 bits per heavy atom. The molecule has 3 fully saturated rings. The summed E-state index contributed by atoms with van der Waals surface area (Å²) >= 11 is 0. The average molecular weight is 512 g/mol. The summed E-state index contributed by atoms with van der Waals surface area (Å²) in [4.78, 5) is 11.4. The molecule has 1 saturated heterocycles. The summed E-state index contributed by atoms with van der Waals surface area (Å²) in [6.45, 7) is 1.73. The molecule has 2 aliphatic carbocycles. The van der Waals surface area contributed by atoms with Gasteiger partial charge in [0, 0.05) is 22.7 Å². The van der Waals surface area contributed by atoms with Crippen molar-refractivity contribution in [2.75, 3.05) is 11.5 Å². The van der Waals surface area contributed by atoms with Crippen LogP contribution in [-0.4, -0.2) is 40.7 Å². The second-order valence-corrected chi connectivity index (χ2v) is 13.5. The molecule has 2 N–H and O–H groups in total. The van der Waals surface area contributed by atoms with Crippen molar-refractivity contribution in [2.45, 2.75) is 57.3 Å². The van der Waals surface area contributed by atoms with Gasteiger partial charge in [-0.05, 0) is 104 Å². The van der Waals surface area contributed by atoms with Crippen LogP contribution in [-0.2, 0) is 14.6 Å². The van der Waals surface area contributed by atoms with Gasteiger partial charge in [-0.2, -0.15) is 0 Å². The molecule has 1 aliphatic heterocycles. The van der Waals surface area contributed by atoms with Crippen molar-refractivity contribution in [2.24, 2.45) is 11.3 Å². The predicted molar refractivity (Wildman–Crippen MR) is 135 cm³/mol. The minimum absolute atomic E-state index is 0.0214. The van der Waals surface area contributed by atoms with Gasteiger partial charge in [-0.3, -0.25) is 4.79 Å². The Morgan fingerprint density at radius 1 is 1.03 bits per heavy atom. The molecule has 2 aromatic carbocycles. The molecule has 3 aromatic rings. The Labute approximate surface area is 209 Å². The number of carboxylic acid groups (broad SMARTS) is 1. The number of aliphatic carboxylic acids is 1. The molecule has 6 nitrogen and oxygen atoms in total.